The van der Waals surface area contributed by atoms with Gasteiger partial charge in [0.25, 0.3) is 0 Å². The molecule has 0 aliphatic carbocycles. The molecule has 2 aromatic carbocycles. The summed E-state index contributed by atoms with van der Waals surface area (Å²) in [6, 6.07) is 8.69. The molecule has 0 radical (unpaired) electrons. The Hall–Kier alpha value is -1.88. The number of halogens is 2. The van der Waals surface area contributed by atoms with Crippen LogP contribution in [-0.2, 0) is 4.74 Å². The molecule has 0 saturated carbocycles. The molecule has 3 nitrogen and oxygen atoms in total. The van der Waals surface area contributed by atoms with Crippen LogP contribution >= 0.6 is 15.9 Å². The first kappa shape index (κ1) is 13.5. The van der Waals surface area contributed by atoms with E-state index in [0.717, 1.165) is 6.07 Å². The predicted octanol–water partition coefficient (Wildman–Crippen LogP) is 3.75. The van der Waals surface area contributed by atoms with E-state index >= 15 is 0 Å². The zero-order valence-corrected chi connectivity index (χ0v) is 11.6. The Kier molecular flexibility index (Phi) is 3.85. The van der Waals surface area contributed by atoms with Gasteiger partial charge in [-0.1, -0.05) is 22.0 Å². The Morgan fingerprint density at radius 1 is 1.26 bits per heavy atom. The first-order valence-corrected chi connectivity index (χ1v) is 6.18. The lowest BCUT2D eigenvalue weighted by atomic mass is 10.0. The Balaban J connectivity index is 2.49. The van der Waals surface area contributed by atoms with Gasteiger partial charge in [0.15, 0.2) is 0 Å². The number of phenolic OH excluding ortho intramolecular Hbond substituents is 1. The van der Waals surface area contributed by atoms with Gasteiger partial charge in [0.05, 0.1) is 12.7 Å². The van der Waals surface area contributed by atoms with Crippen LogP contribution in [0.1, 0.15) is 10.4 Å². The number of benzene rings is 2. The van der Waals surface area contributed by atoms with E-state index in [-0.39, 0.29) is 11.3 Å². The monoisotopic (exact) mass is 324 g/mol. The highest BCUT2D eigenvalue weighted by Crippen LogP contribution is 2.30. The highest BCUT2D eigenvalue weighted by atomic mass is 79.9. The molecule has 0 unspecified atom stereocenters. The molecule has 0 atom stereocenters. The van der Waals surface area contributed by atoms with Crippen molar-refractivity contribution in [2.45, 2.75) is 0 Å². The highest BCUT2D eigenvalue weighted by Gasteiger charge is 2.12. The molecule has 0 fully saturated rings. The van der Waals surface area contributed by atoms with Gasteiger partial charge in [-0.05, 0) is 35.9 Å². The van der Waals surface area contributed by atoms with Gasteiger partial charge in [-0.25, -0.2) is 9.18 Å². The summed E-state index contributed by atoms with van der Waals surface area (Å²) in [7, 11) is 1.24. The number of hydrogen-bond acceptors (Lipinski definition) is 3. The molecule has 0 heterocycles. The third-order valence-corrected chi connectivity index (χ3v) is 3.04. The van der Waals surface area contributed by atoms with Gasteiger partial charge in [-0.2, -0.15) is 0 Å². The summed E-state index contributed by atoms with van der Waals surface area (Å²) in [6.07, 6.45) is 0. The van der Waals surface area contributed by atoms with E-state index < -0.39 is 11.8 Å². The van der Waals surface area contributed by atoms with Gasteiger partial charge in [0.2, 0.25) is 0 Å². The van der Waals surface area contributed by atoms with Crippen molar-refractivity contribution >= 4 is 21.9 Å². The number of phenols is 1. The topological polar surface area (TPSA) is 46.5 Å². The molecule has 0 amide bonds. The predicted molar refractivity (Wildman–Crippen MR) is 72.5 cm³/mol. The minimum atomic E-state index is -0.595. The third-order valence-electron chi connectivity index (χ3n) is 2.58. The zero-order valence-electron chi connectivity index (χ0n) is 9.98. The van der Waals surface area contributed by atoms with Crippen LogP contribution in [0.25, 0.3) is 11.1 Å². The minimum absolute atomic E-state index is 0.0285. The van der Waals surface area contributed by atoms with Crippen molar-refractivity contribution in [3.63, 3.8) is 0 Å². The maximum Gasteiger partial charge on any atom is 0.337 e. The van der Waals surface area contributed by atoms with Crippen LogP contribution in [0.2, 0.25) is 0 Å². The maximum absolute atomic E-state index is 14.0. The molecule has 0 bridgehead atoms. The standard InChI is InChI=1S/C14H10BrFO3/c1-19-14(18)8-2-3-12(13(16)6-8)9-4-10(15)7-11(17)5-9/h2-7,17H,1H3. The van der Waals surface area contributed by atoms with Crippen molar-refractivity contribution in [1.82, 2.24) is 0 Å². The molecule has 0 aliphatic heterocycles. The summed E-state index contributed by atoms with van der Waals surface area (Å²) in [5.74, 6) is -1.12. The summed E-state index contributed by atoms with van der Waals surface area (Å²) < 4.78 is 19.2. The molecule has 5 heteroatoms. The lowest BCUT2D eigenvalue weighted by Crippen LogP contribution is -2.01. The first-order chi connectivity index (χ1) is 9.01. The smallest absolute Gasteiger partial charge is 0.337 e. The third kappa shape index (κ3) is 2.93. The highest BCUT2D eigenvalue weighted by molar-refractivity contribution is 9.10. The Morgan fingerprint density at radius 3 is 2.58 bits per heavy atom. The number of aromatic hydroxyl groups is 1. The Morgan fingerprint density at radius 2 is 2.00 bits per heavy atom. The first-order valence-electron chi connectivity index (χ1n) is 5.39. The summed E-state index contributed by atoms with van der Waals surface area (Å²) in [6.45, 7) is 0. The van der Waals surface area contributed by atoms with Crippen molar-refractivity contribution in [1.29, 1.82) is 0 Å². The zero-order chi connectivity index (χ0) is 14.0. The van der Waals surface area contributed by atoms with Gasteiger partial charge < -0.3 is 9.84 Å². The molecular weight excluding hydrogens is 315 g/mol. The van der Waals surface area contributed by atoms with Crippen LogP contribution in [-0.4, -0.2) is 18.2 Å². The van der Waals surface area contributed by atoms with E-state index in [2.05, 4.69) is 20.7 Å². The average molecular weight is 325 g/mol. The molecule has 2 aromatic rings. The van der Waals surface area contributed by atoms with Gasteiger partial charge in [-0.3, -0.25) is 0 Å². The van der Waals surface area contributed by atoms with Crippen molar-refractivity contribution in [3.05, 3.63) is 52.3 Å². The van der Waals surface area contributed by atoms with Gasteiger partial charge in [0.1, 0.15) is 11.6 Å². The van der Waals surface area contributed by atoms with Crippen LogP contribution in [0.5, 0.6) is 5.75 Å². The molecule has 98 valence electrons. The van der Waals surface area contributed by atoms with E-state index in [1.54, 1.807) is 6.07 Å². The average Bonchev–Trinajstić information content (AvgIpc) is 2.36. The van der Waals surface area contributed by atoms with E-state index in [0.29, 0.717) is 15.6 Å². The lowest BCUT2D eigenvalue weighted by molar-refractivity contribution is 0.0600. The molecule has 0 aromatic heterocycles. The summed E-state index contributed by atoms with van der Waals surface area (Å²) in [5, 5.41) is 9.50. The molecule has 2 rings (SSSR count). The van der Waals surface area contributed by atoms with Crippen molar-refractivity contribution in [2.24, 2.45) is 0 Å². The van der Waals surface area contributed by atoms with E-state index in [1.807, 2.05) is 0 Å². The summed E-state index contributed by atoms with van der Waals surface area (Å²) in [5.41, 5.74) is 0.952. The second-order valence-electron chi connectivity index (χ2n) is 3.88. The van der Waals surface area contributed by atoms with Crippen molar-refractivity contribution < 1.29 is 19.0 Å². The second-order valence-corrected chi connectivity index (χ2v) is 4.80. The van der Waals surface area contributed by atoms with Crippen molar-refractivity contribution in [2.75, 3.05) is 7.11 Å². The summed E-state index contributed by atoms with van der Waals surface area (Å²) in [4.78, 5) is 11.3. The van der Waals surface area contributed by atoms with Crippen LogP contribution in [0.15, 0.2) is 40.9 Å². The van der Waals surface area contributed by atoms with Gasteiger partial charge >= 0.3 is 5.97 Å². The maximum atomic E-state index is 14.0. The van der Waals surface area contributed by atoms with Crippen LogP contribution in [0.3, 0.4) is 0 Å². The lowest BCUT2D eigenvalue weighted by Gasteiger charge is -2.07. The number of carbonyl (C=O) groups is 1. The van der Waals surface area contributed by atoms with E-state index in [1.165, 1.54) is 31.4 Å². The fourth-order valence-corrected chi connectivity index (χ4v) is 2.20. The largest absolute Gasteiger partial charge is 0.508 e. The number of methoxy groups -OCH3 is 1. The second kappa shape index (κ2) is 5.40. The number of carbonyl (C=O) groups excluding carboxylic acids is 1. The molecule has 1 N–H and O–H groups in total. The Bertz CT molecular complexity index is 620. The van der Waals surface area contributed by atoms with Crippen LogP contribution < -0.4 is 0 Å². The SMILES string of the molecule is COC(=O)c1ccc(-c2cc(O)cc(Br)c2)c(F)c1. The van der Waals surface area contributed by atoms with Crippen LogP contribution in [0.4, 0.5) is 4.39 Å². The molecule has 19 heavy (non-hydrogen) atoms. The van der Waals surface area contributed by atoms with Crippen LogP contribution in [0, 0.1) is 5.82 Å². The van der Waals surface area contributed by atoms with Gasteiger partial charge in [0, 0.05) is 10.0 Å². The molecule has 0 spiro atoms. The van der Waals surface area contributed by atoms with E-state index in [4.69, 9.17) is 0 Å². The molecule has 0 saturated heterocycles. The quantitative estimate of drug-likeness (QED) is 0.856. The van der Waals surface area contributed by atoms with Gasteiger partial charge in [-0.15, -0.1) is 0 Å². The number of esters is 1. The minimum Gasteiger partial charge on any atom is -0.508 e. The van der Waals surface area contributed by atoms with E-state index in [9.17, 15) is 14.3 Å². The normalized spacial score (nSPS) is 10.3. The number of hydrogen-bond donors (Lipinski definition) is 1. The number of ether oxygens (including phenoxy) is 1. The fraction of sp³-hybridized carbons (Fsp3) is 0.0714. The molecule has 0 aliphatic rings. The fourth-order valence-electron chi connectivity index (χ4n) is 1.72. The summed E-state index contributed by atoms with van der Waals surface area (Å²) >= 11 is 3.23. The number of rotatable bonds is 2. The van der Waals surface area contributed by atoms with Crippen molar-refractivity contribution in [3.8, 4) is 16.9 Å². The molecular formula is C14H10BrFO3. The Labute approximate surface area is 117 Å².